The second-order valence-electron chi connectivity index (χ2n) is 5.01. The SMILES string of the molecule is CC(=O)NC(CSCC(=O)NC1CCCCC1)C(=O)O. The number of carbonyl (C=O) groups excluding carboxylic acids is 2. The summed E-state index contributed by atoms with van der Waals surface area (Å²) in [6, 6.07) is -0.678. The number of nitrogens with one attached hydrogen (secondary N) is 2. The van der Waals surface area contributed by atoms with Gasteiger partial charge in [0.25, 0.3) is 0 Å². The zero-order valence-corrected chi connectivity index (χ0v) is 12.5. The van der Waals surface area contributed by atoms with E-state index in [0.29, 0.717) is 0 Å². The van der Waals surface area contributed by atoms with Crippen LogP contribution in [-0.2, 0) is 14.4 Å². The molecule has 0 heterocycles. The molecular weight excluding hydrogens is 280 g/mol. The molecule has 20 heavy (non-hydrogen) atoms. The van der Waals surface area contributed by atoms with E-state index in [-0.39, 0.29) is 29.4 Å². The predicted octanol–water partition coefficient (Wildman–Crippen LogP) is 0.758. The van der Waals surface area contributed by atoms with Crippen LogP contribution < -0.4 is 10.6 Å². The van der Waals surface area contributed by atoms with Gasteiger partial charge in [0.15, 0.2) is 0 Å². The summed E-state index contributed by atoms with van der Waals surface area (Å²) in [5.41, 5.74) is 0. The quantitative estimate of drug-likeness (QED) is 0.645. The van der Waals surface area contributed by atoms with Gasteiger partial charge in [0.1, 0.15) is 6.04 Å². The van der Waals surface area contributed by atoms with Gasteiger partial charge in [-0.2, -0.15) is 0 Å². The lowest BCUT2D eigenvalue weighted by Gasteiger charge is -2.22. The average molecular weight is 302 g/mol. The van der Waals surface area contributed by atoms with Crippen LogP contribution in [0.1, 0.15) is 39.0 Å². The summed E-state index contributed by atoms with van der Waals surface area (Å²) in [6.07, 6.45) is 5.60. The molecule has 1 atom stereocenters. The standard InChI is InChI=1S/C13H22N2O4S/c1-9(16)14-11(13(18)19)7-20-8-12(17)15-10-5-3-2-4-6-10/h10-11H,2-8H2,1H3,(H,14,16)(H,15,17)(H,18,19). The van der Waals surface area contributed by atoms with Crippen molar-refractivity contribution in [3.63, 3.8) is 0 Å². The Bertz CT molecular complexity index is 356. The number of carboxylic acid groups (broad SMARTS) is 1. The number of rotatable bonds is 7. The van der Waals surface area contributed by atoms with E-state index >= 15 is 0 Å². The first-order valence-corrected chi connectivity index (χ1v) is 8.01. The number of carbonyl (C=O) groups is 3. The first-order valence-electron chi connectivity index (χ1n) is 6.86. The van der Waals surface area contributed by atoms with Crippen molar-refractivity contribution < 1.29 is 19.5 Å². The lowest BCUT2D eigenvalue weighted by molar-refractivity contribution is -0.140. The van der Waals surface area contributed by atoms with E-state index in [9.17, 15) is 14.4 Å². The second-order valence-corrected chi connectivity index (χ2v) is 6.04. The number of aliphatic carboxylic acids is 1. The maximum atomic E-state index is 11.7. The summed E-state index contributed by atoms with van der Waals surface area (Å²) in [5.74, 6) is -1.12. The Balaban J connectivity index is 2.22. The van der Waals surface area contributed by atoms with E-state index in [1.54, 1.807) is 0 Å². The Morgan fingerprint density at radius 3 is 2.45 bits per heavy atom. The highest BCUT2D eigenvalue weighted by Crippen LogP contribution is 2.17. The minimum atomic E-state index is -1.08. The zero-order valence-electron chi connectivity index (χ0n) is 11.7. The number of carboxylic acids is 1. The van der Waals surface area contributed by atoms with Crippen LogP contribution in [-0.4, -0.2) is 46.5 Å². The van der Waals surface area contributed by atoms with Crippen LogP contribution in [0.3, 0.4) is 0 Å². The summed E-state index contributed by atoms with van der Waals surface area (Å²) in [6.45, 7) is 1.27. The Kier molecular flexibility index (Phi) is 7.43. The highest BCUT2D eigenvalue weighted by molar-refractivity contribution is 8.00. The fourth-order valence-electron chi connectivity index (χ4n) is 2.21. The van der Waals surface area contributed by atoms with Crippen molar-refractivity contribution in [2.24, 2.45) is 0 Å². The van der Waals surface area contributed by atoms with E-state index in [1.807, 2.05) is 0 Å². The van der Waals surface area contributed by atoms with Gasteiger partial charge >= 0.3 is 5.97 Å². The molecule has 114 valence electrons. The number of hydrogen-bond donors (Lipinski definition) is 3. The number of thioether (sulfide) groups is 1. The lowest BCUT2D eigenvalue weighted by Crippen LogP contribution is -2.42. The van der Waals surface area contributed by atoms with Crippen molar-refractivity contribution in [1.82, 2.24) is 10.6 Å². The maximum Gasteiger partial charge on any atom is 0.327 e. The fraction of sp³-hybridized carbons (Fsp3) is 0.769. The lowest BCUT2D eigenvalue weighted by atomic mass is 9.95. The molecule has 1 saturated carbocycles. The van der Waals surface area contributed by atoms with Gasteiger partial charge in [-0.3, -0.25) is 9.59 Å². The molecule has 1 aliphatic carbocycles. The van der Waals surface area contributed by atoms with E-state index < -0.39 is 12.0 Å². The molecule has 0 spiro atoms. The zero-order chi connectivity index (χ0) is 15.0. The fourth-order valence-corrected chi connectivity index (χ4v) is 3.05. The molecular formula is C13H22N2O4S. The van der Waals surface area contributed by atoms with Crippen molar-refractivity contribution in [2.45, 2.75) is 51.1 Å². The van der Waals surface area contributed by atoms with Gasteiger partial charge in [0, 0.05) is 18.7 Å². The second kappa shape index (κ2) is 8.84. The molecule has 0 aromatic rings. The minimum Gasteiger partial charge on any atom is -0.480 e. The van der Waals surface area contributed by atoms with E-state index in [2.05, 4.69) is 10.6 Å². The van der Waals surface area contributed by atoms with E-state index in [1.165, 1.54) is 25.1 Å². The van der Waals surface area contributed by atoms with Crippen LogP contribution in [0.25, 0.3) is 0 Å². The van der Waals surface area contributed by atoms with Crippen LogP contribution in [0.5, 0.6) is 0 Å². The molecule has 1 unspecified atom stereocenters. The van der Waals surface area contributed by atoms with Crippen molar-refractivity contribution in [1.29, 1.82) is 0 Å². The highest BCUT2D eigenvalue weighted by atomic mass is 32.2. The Hall–Kier alpha value is -1.24. The van der Waals surface area contributed by atoms with Crippen LogP contribution in [0.4, 0.5) is 0 Å². The first kappa shape index (κ1) is 16.8. The van der Waals surface area contributed by atoms with Crippen LogP contribution in [0, 0.1) is 0 Å². The third kappa shape index (κ3) is 6.79. The van der Waals surface area contributed by atoms with Gasteiger partial charge in [-0.15, -0.1) is 11.8 Å². The molecule has 0 aromatic heterocycles. The van der Waals surface area contributed by atoms with Gasteiger partial charge < -0.3 is 15.7 Å². The molecule has 6 nitrogen and oxygen atoms in total. The normalized spacial score (nSPS) is 17.2. The summed E-state index contributed by atoms with van der Waals surface area (Å²) in [4.78, 5) is 33.5. The molecule has 0 radical (unpaired) electrons. The summed E-state index contributed by atoms with van der Waals surface area (Å²) in [5, 5.41) is 14.2. The molecule has 0 bridgehead atoms. The monoisotopic (exact) mass is 302 g/mol. The largest absolute Gasteiger partial charge is 0.480 e. The smallest absolute Gasteiger partial charge is 0.327 e. The number of amides is 2. The van der Waals surface area contributed by atoms with E-state index in [0.717, 1.165) is 25.7 Å². The first-order chi connectivity index (χ1) is 9.49. The van der Waals surface area contributed by atoms with Crippen LogP contribution in [0.15, 0.2) is 0 Å². The summed E-state index contributed by atoms with van der Waals surface area (Å²) in [7, 11) is 0. The molecule has 1 rings (SSSR count). The Morgan fingerprint density at radius 2 is 1.90 bits per heavy atom. The van der Waals surface area contributed by atoms with Gasteiger partial charge in [0.2, 0.25) is 11.8 Å². The molecule has 2 amide bonds. The van der Waals surface area contributed by atoms with Crippen molar-refractivity contribution >= 4 is 29.5 Å². The van der Waals surface area contributed by atoms with Gasteiger partial charge in [-0.25, -0.2) is 4.79 Å². The minimum absolute atomic E-state index is 0.0612. The van der Waals surface area contributed by atoms with Gasteiger partial charge in [-0.05, 0) is 12.8 Å². The molecule has 1 fully saturated rings. The molecule has 7 heteroatoms. The van der Waals surface area contributed by atoms with Gasteiger partial charge in [-0.1, -0.05) is 19.3 Å². The van der Waals surface area contributed by atoms with Crippen molar-refractivity contribution in [3.05, 3.63) is 0 Å². The third-order valence-electron chi connectivity index (χ3n) is 3.16. The Labute approximate surface area is 123 Å². The molecule has 1 aliphatic rings. The van der Waals surface area contributed by atoms with Crippen LogP contribution >= 0.6 is 11.8 Å². The molecule has 0 aromatic carbocycles. The molecule has 0 saturated heterocycles. The predicted molar refractivity (Wildman–Crippen MR) is 77.6 cm³/mol. The third-order valence-corrected chi connectivity index (χ3v) is 4.20. The van der Waals surface area contributed by atoms with Gasteiger partial charge in [0.05, 0.1) is 5.75 Å². The van der Waals surface area contributed by atoms with Crippen molar-refractivity contribution in [3.8, 4) is 0 Å². The van der Waals surface area contributed by atoms with Crippen molar-refractivity contribution in [2.75, 3.05) is 11.5 Å². The summed E-state index contributed by atoms with van der Waals surface area (Å²) < 4.78 is 0. The topological polar surface area (TPSA) is 95.5 Å². The van der Waals surface area contributed by atoms with E-state index in [4.69, 9.17) is 5.11 Å². The maximum absolute atomic E-state index is 11.7. The molecule has 0 aliphatic heterocycles. The summed E-state index contributed by atoms with van der Waals surface area (Å²) >= 11 is 1.22. The van der Waals surface area contributed by atoms with Crippen LogP contribution in [0.2, 0.25) is 0 Å². The average Bonchev–Trinajstić information content (AvgIpc) is 2.38. The highest BCUT2D eigenvalue weighted by Gasteiger charge is 2.20. The molecule has 3 N–H and O–H groups in total. The number of hydrogen-bond acceptors (Lipinski definition) is 4. The Morgan fingerprint density at radius 1 is 1.25 bits per heavy atom.